The summed E-state index contributed by atoms with van der Waals surface area (Å²) in [4.78, 5) is 36.0. The molecule has 0 saturated heterocycles. The third-order valence-corrected chi connectivity index (χ3v) is 4.96. The Hall–Kier alpha value is -4.39. The SMILES string of the molecule is CC(=O)Nc1cccc(CNC(=O)Cc2ccc(NC(=O)c3cc4ccccc4o3)cc2)c1. The quantitative estimate of drug-likeness (QED) is 0.393. The summed E-state index contributed by atoms with van der Waals surface area (Å²) in [5.74, 6) is -0.368. The van der Waals surface area contributed by atoms with E-state index in [1.54, 1.807) is 36.4 Å². The normalized spacial score (nSPS) is 10.6. The van der Waals surface area contributed by atoms with Crippen LogP contribution in [0.5, 0.6) is 0 Å². The van der Waals surface area contributed by atoms with E-state index in [1.807, 2.05) is 42.5 Å². The smallest absolute Gasteiger partial charge is 0.291 e. The molecule has 3 amide bonds. The van der Waals surface area contributed by atoms with Gasteiger partial charge in [0.1, 0.15) is 5.58 Å². The van der Waals surface area contributed by atoms with Gasteiger partial charge < -0.3 is 20.4 Å². The number of amides is 3. The topological polar surface area (TPSA) is 100 Å². The third kappa shape index (κ3) is 5.86. The van der Waals surface area contributed by atoms with Crippen molar-refractivity contribution in [2.24, 2.45) is 0 Å². The van der Waals surface area contributed by atoms with Crippen molar-refractivity contribution in [3.05, 3.63) is 95.7 Å². The van der Waals surface area contributed by atoms with Gasteiger partial charge in [-0.15, -0.1) is 0 Å². The Morgan fingerprint density at radius 2 is 1.58 bits per heavy atom. The van der Waals surface area contributed by atoms with E-state index in [2.05, 4.69) is 16.0 Å². The minimum atomic E-state index is -0.335. The van der Waals surface area contributed by atoms with Crippen LogP contribution in [0.2, 0.25) is 0 Å². The summed E-state index contributed by atoms with van der Waals surface area (Å²) in [5, 5.41) is 9.26. The Kier molecular flexibility index (Phi) is 6.50. The molecule has 0 fully saturated rings. The molecule has 0 aliphatic rings. The number of carbonyl (C=O) groups is 3. The van der Waals surface area contributed by atoms with Crippen molar-refractivity contribution in [1.82, 2.24) is 5.32 Å². The van der Waals surface area contributed by atoms with Crippen molar-refractivity contribution in [3.8, 4) is 0 Å². The molecule has 0 bridgehead atoms. The summed E-state index contributed by atoms with van der Waals surface area (Å²) in [6.45, 7) is 1.81. The maximum atomic E-state index is 12.5. The summed E-state index contributed by atoms with van der Waals surface area (Å²) < 4.78 is 5.58. The van der Waals surface area contributed by atoms with E-state index >= 15 is 0 Å². The number of hydrogen-bond donors (Lipinski definition) is 3. The van der Waals surface area contributed by atoms with Gasteiger partial charge >= 0.3 is 0 Å². The van der Waals surface area contributed by atoms with Gasteiger partial charge in [0.25, 0.3) is 5.91 Å². The van der Waals surface area contributed by atoms with Gasteiger partial charge in [-0.25, -0.2) is 0 Å². The highest BCUT2D eigenvalue weighted by molar-refractivity contribution is 6.04. The molecule has 166 valence electrons. The van der Waals surface area contributed by atoms with Gasteiger partial charge in [0, 0.05) is 30.2 Å². The van der Waals surface area contributed by atoms with Crippen LogP contribution in [0, 0.1) is 0 Å². The van der Waals surface area contributed by atoms with E-state index in [4.69, 9.17) is 4.42 Å². The molecule has 7 nitrogen and oxygen atoms in total. The van der Waals surface area contributed by atoms with Crippen molar-refractivity contribution in [2.75, 3.05) is 10.6 Å². The first-order valence-corrected chi connectivity index (χ1v) is 10.5. The Morgan fingerprint density at radius 1 is 0.788 bits per heavy atom. The number of para-hydroxylation sites is 1. The van der Waals surface area contributed by atoms with Gasteiger partial charge in [-0.2, -0.15) is 0 Å². The molecule has 4 rings (SSSR count). The van der Waals surface area contributed by atoms with Gasteiger partial charge in [0.2, 0.25) is 11.8 Å². The van der Waals surface area contributed by atoms with Crippen molar-refractivity contribution in [3.63, 3.8) is 0 Å². The third-order valence-electron chi connectivity index (χ3n) is 4.96. The maximum absolute atomic E-state index is 12.5. The first-order chi connectivity index (χ1) is 16.0. The highest BCUT2D eigenvalue weighted by Gasteiger charge is 2.12. The van der Waals surface area contributed by atoms with Gasteiger partial charge in [0.05, 0.1) is 6.42 Å². The molecule has 0 unspecified atom stereocenters. The van der Waals surface area contributed by atoms with Gasteiger partial charge in [0.15, 0.2) is 5.76 Å². The fourth-order valence-corrected chi connectivity index (χ4v) is 3.40. The van der Waals surface area contributed by atoms with Crippen LogP contribution in [0.4, 0.5) is 11.4 Å². The Bertz CT molecular complexity index is 1280. The molecule has 3 N–H and O–H groups in total. The molecule has 0 spiro atoms. The average molecular weight is 441 g/mol. The van der Waals surface area contributed by atoms with E-state index in [1.165, 1.54) is 6.92 Å². The van der Waals surface area contributed by atoms with Crippen molar-refractivity contribution in [2.45, 2.75) is 19.9 Å². The van der Waals surface area contributed by atoms with Crippen molar-refractivity contribution >= 4 is 40.1 Å². The molecular weight excluding hydrogens is 418 g/mol. The van der Waals surface area contributed by atoms with E-state index in [0.29, 0.717) is 23.5 Å². The van der Waals surface area contributed by atoms with Crippen LogP contribution in [-0.2, 0) is 22.6 Å². The molecule has 0 aliphatic carbocycles. The highest BCUT2D eigenvalue weighted by Crippen LogP contribution is 2.20. The van der Waals surface area contributed by atoms with E-state index in [0.717, 1.165) is 16.5 Å². The Labute approximate surface area is 190 Å². The molecule has 7 heteroatoms. The fraction of sp³-hybridized carbons (Fsp3) is 0.115. The predicted molar refractivity (Wildman–Crippen MR) is 127 cm³/mol. The zero-order valence-corrected chi connectivity index (χ0v) is 18.1. The summed E-state index contributed by atoms with van der Waals surface area (Å²) in [6.07, 6.45) is 0.211. The predicted octanol–water partition coefficient (Wildman–Crippen LogP) is 4.50. The Balaban J connectivity index is 1.29. The number of benzene rings is 3. The largest absolute Gasteiger partial charge is 0.451 e. The first kappa shape index (κ1) is 21.8. The molecule has 0 aliphatic heterocycles. The first-order valence-electron chi connectivity index (χ1n) is 10.5. The number of nitrogens with one attached hydrogen (secondary N) is 3. The van der Waals surface area contributed by atoms with Crippen LogP contribution >= 0.6 is 0 Å². The molecule has 1 heterocycles. The second-order valence-corrected chi connectivity index (χ2v) is 7.63. The summed E-state index contributed by atoms with van der Waals surface area (Å²) in [5.41, 5.74) is 3.67. The maximum Gasteiger partial charge on any atom is 0.291 e. The van der Waals surface area contributed by atoms with E-state index in [-0.39, 0.29) is 29.9 Å². The number of carbonyl (C=O) groups excluding carboxylic acids is 3. The minimum Gasteiger partial charge on any atom is -0.451 e. The van der Waals surface area contributed by atoms with Crippen molar-refractivity contribution in [1.29, 1.82) is 0 Å². The van der Waals surface area contributed by atoms with Crippen LogP contribution in [0.25, 0.3) is 11.0 Å². The highest BCUT2D eigenvalue weighted by atomic mass is 16.3. The number of furan rings is 1. The second-order valence-electron chi connectivity index (χ2n) is 7.63. The van der Waals surface area contributed by atoms with E-state index < -0.39 is 0 Å². The lowest BCUT2D eigenvalue weighted by molar-refractivity contribution is -0.120. The molecule has 4 aromatic rings. The monoisotopic (exact) mass is 441 g/mol. The molecule has 0 saturated carbocycles. The molecule has 33 heavy (non-hydrogen) atoms. The summed E-state index contributed by atoms with van der Waals surface area (Å²) >= 11 is 0. The van der Waals surface area contributed by atoms with Gasteiger partial charge in [-0.1, -0.05) is 42.5 Å². The number of rotatable bonds is 7. The zero-order chi connectivity index (χ0) is 23.2. The minimum absolute atomic E-state index is 0.126. The standard InChI is InChI=1S/C26H23N3O4/c1-17(30)28-22-7-4-5-19(13-22)16-27-25(31)14-18-9-11-21(12-10-18)29-26(32)24-15-20-6-2-3-8-23(20)33-24/h2-13,15H,14,16H2,1H3,(H,27,31)(H,28,30)(H,29,32). The lowest BCUT2D eigenvalue weighted by Crippen LogP contribution is -2.24. The second kappa shape index (κ2) is 9.82. The number of anilines is 2. The lowest BCUT2D eigenvalue weighted by atomic mass is 10.1. The lowest BCUT2D eigenvalue weighted by Gasteiger charge is -2.08. The van der Waals surface area contributed by atoms with Crippen molar-refractivity contribution < 1.29 is 18.8 Å². The van der Waals surface area contributed by atoms with E-state index in [9.17, 15) is 14.4 Å². The molecule has 1 aromatic heterocycles. The summed E-state index contributed by atoms with van der Waals surface area (Å²) in [7, 11) is 0. The number of hydrogen-bond acceptors (Lipinski definition) is 4. The average Bonchev–Trinajstić information content (AvgIpc) is 3.23. The van der Waals surface area contributed by atoms with Crippen LogP contribution in [0.15, 0.2) is 83.3 Å². The van der Waals surface area contributed by atoms with Gasteiger partial charge in [-0.3, -0.25) is 14.4 Å². The molecule has 0 atom stereocenters. The van der Waals surface area contributed by atoms with Crippen LogP contribution in [0.1, 0.15) is 28.6 Å². The van der Waals surface area contributed by atoms with Gasteiger partial charge in [-0.05, 0) is 47.5 Å². The fourth-order valence-electron chi connectivity index (χ4n) is 3.40. The zero-order valence-electron chi connectivity index (χ0n) is 18.1. The van der Waals surface area contributed by atoms with Crippen LogP contribution in [0.3, 0.4) is 0 Å². The molecule has 3 aromatic carbocycles. The Morgan fingerprint density at radius 3 is 2.33 bits per heavy atom. The van der Waals surface area contributed by atoms with Crippen LogP contribution < -0.4 is 16.0 Å². The van der Waals surface area contributed by atoms with Crippen LogP contribution in [-0.4, -0.2) is 17.7 Å². The molecule has 0 radical (unpaired) electrons. The molecular formula is C26H23N3O4. The summed E-state index contributed by atoms with van der Waals surface area (Å²) in [6, 6.07) is 23.5. The number of fused-ring (bicyclic) bond motifs is 1.